The first kappa shape index (κ1) is 11.8. The Labute approximate surface area is 98.9 Å². The average molecular weight is 237 g/mol. The topological polar surface area (TPSA) is 85.7 Å². The predicted molar refractivity (Wildman–Crippen MR) is 60.7 cm³/mol. The summed E-state index contributed by atoms with van der Waals surface area (Å²) in [5.41, 5.74) is 0.00843. The molecule has 1 aliphatic heterocycles. The van der Waals surface area contributed by atoms with Gasteiger partial charge in [0.1, 0.15) is 5.75 Å². The molecular weight excluding hydrogens is 222 g/mol. The van der Waals surface area contributed by atoms with Gasteiger partial charge in [-0.05, 0) is 12.1 Å². The molecule has 2 rings (SSSR count). The summed E-state index contributed by atoms with van der Waals surface area (Å²) in [5, 5.41) is 22.2. The molecule has 1 saturated heterocycles. The molecule has 3 N–H and O–H groups in total. The number of likely N-dealkylation sites (N-methyl/N-ethyl adjacent to an activating group) is 1. The Morgan fingerprint density at radius 2 is 2.35 bits per heavy atom. The minimum atomic E-state index is -0.588. The van der Waals surface area contributed by atoms with Crippen LogP contribution in [-0.4, -0.2) is 58.3 Å². The van der Waals surface area contributed by atoms with E-state index < -0.39 is 12.0 Å². The third-order valence-corrected chi connectivity index (χ3v) is 2.96. The fourth-order valence-electron chi connectivity index (χ4n) is 1.93. The molecule has 1 aromatic heterocycles. The van der Waals surface area contributed by atoms with Crippen molar-refractivity contribution in [1.82, 2.24) is 15.2 Å². The highest BCUT2D eigenvalue weighted by Crippen LogP contribution is 2.17. The lowest BCUT2D eigenvalue weighted by Crippen LogP contribution is -2.44. The zero-order valence-corrected chi connectivity index (χ0v) is 9.50. The van der Waals surface area contributed by atoms with E-state index in [-0.39, 0.29) is 17.5 Å². The molecule has 6 nitrogen and oxygen atoms in total. The van der Waals surface area contributed by atoms with E-state index >= 15 is 0 Å². The van der Waals surface area contributed by atoms with Crippen molar-refractivity contribution in [3.05, 3.63) is 24.0 Å². The van der Waals surface area contributed by atoms with Gasteiger partial charge in [-0.25, -0.2) is 4.98 Å². The van der Waals surface area contributed by atoms with Crippen LogP contribution >= 0.6 is 0 Å². The summed E-state index contributed by atoms with van der Waals surface area (Å²) in [4.78, 5) is 17.3. The molecular formula is C11H15N3O3. The summed E-state index contributed by atoms with van der Waals surface area (Å²) in [6, 6.07) is 2.68. The van der Waals surface area contributed by atoms with Crippen LogP contribution in [0.1, 0.15) is 10.5 Å². The number of rotatable bonds is 2. The van der Waals surface area contributed by atoms with Crippen molar-refractivity contribution < 1.29 is 15.0 Å². The molecule has 1 fully saturated rings. The fourth-order valence-corrected chi connectivity index (χ4v) is 1.93. The van der Waals surface area contributed by atoms with Crippen LogP contribution in [0, 0.1) is 0 Å². The van der Waals surface area contributed by atoms with Gasteiger partial charge in [0.25, 0.3) is 5.91 Å². The molecule has 0 aliphatic carbocycles. The number of pyridine rings is 1. The molecule has 0 bridgehead atoms. The number of hydrogen-bond donors (Lipinski definition) is 3. The molecule has 0 spiro atoms. The van der Waals surface area contributed by atoms with E-state index in [1.807, 2.05) is 0 Å². The summed E-state index contributed by atoms with van der Waals surface area (Å²) in [6.07, 6.45) is 0.860. The molecule has 0 aromatic carbocycles. The summed E-state index contributed by atoms with van der Waals surface area (Å²) in [6.45, 7) is 1.01. The minimum Gasteiger partial charge on any atom is -0.505 e. The molecule has 0 unspecified atom stereocenters. The van der Waals surface area contributed by atoms with Crippen LogP contribution in [0.2, 0.25) is 0 Å². The molecule has 1 aliphatic rings. The molecule has 1 aromatic rings. The largest absolute Gasteiger partial charge is 0.505 e. The molecule has 2 heterocycles. The second kappa shape index (κ2) is 4.68. The van der Waals surface area contributed by atoms with Gasteiger partial charge >= 0.3 is 0 Å². The van der Waals surface area contributed by atoms with Crippen molar-refractivity contribution in [1.29, 1.82) is 0 Å². The Kier molecular flexibility index (Phi) is 3.26. The standard InChI is InChI=1S/C11H15N3O3/c1-14(7-5-12-6-9(7)16)11(17)10-8(15)3-2-4-13-10/h2-4,7,9,12,15-16H,5-6H2,1H3/t7-,9-/m1/s1. The van der Waals surface area contributed by atoms with E-state index in [2.05, 4.69) is 10.3 Å². The van der Waals surface area contributed by atoms with Gasteiger partial charge < -0.3 is 20.4 Å². The predicted octanol–water partition coefficient (Wildman–Crippen LogP) is -0.808. The molecule has 0 saturated carbocycles. The Morgan fingerprint density at radius 1 is 1.59 bits per heavy atom. The van der Waals surface area contributed by atoms with Crippen LogP contribution in [0.25, 0.3) is 0 Å². The van der Waals surface area contributed by atoms with E-state index in [0.717, 1.165) is 0 Å². The third-order valence-electron chi connectivity index (χ3n) is 2.96. The highest BCUT2D eigenvalue weighted by molar-refractivity contribution is 5.94. The van der Waals surface area contributed by atoms with Crippen molar-refractivity contribution >= 4 is 5.91 Å². The first-order valence-electron chi connectivity index (χ1n) is 5.41. The van der Waals surface area contributed by atoms with E-state index in [1.54, 1.807) is 13.1 Å². The normalized spacial score (nSPS) is 23.6. The van der Waals surface area contributed by atoms with Crippen molar-refractivity contribution in [2.24, 2.45) is 0 Å². The van der Waals surface area contributed by atoms with E-state index in [4.69, 9.17) is 0 Å². The smallest absolute Gasteiger partial charge is 0.276 e. The molecule has 2 atom stereocenters. The SMILES string of the molecule is CN(C(=O)c1ncccc1O)[C@@H]1CNC[C@H]1O. The van der Waals surface area contributed by atoms with Crippen molar-refractivity contribution in [3.8, 4) is 5.75 Å². The minimum absolute atomic E-state index is 0.00843. The zero-order valence-electron chi connectivity index (χ0n) is 9.50. The number of nitrogens with zero attached hydrogens (tertiary/aromatic N) is 2. The molecule has 17 heavy (non-hydrogen) atoms. The Hall–Kier alpha value is -1.66. The van der Waals surface area contributed by atoms with E-state index in [9.17, 15) is 15.0 Å². The lowest BCUT2D eigenvalue weighted by atomic mass is 10.1. The first-order chi connectivity index (χ1) is 8.11. The van der Waals surface area contributed by atoms with Crippen LogP contribution in [0.3, 0.4) is 0 Å². The van der Waals surface area contributed by atoms with Crippen molar-refractivity contribution in [2.75, 3.05) is 20.1 Å². The van der Waals surface area contributed by atoms with Gasteiger partial charge in [0.2, 0.25) is 0 Å². The number of hydrogen-bond acceptors (Lipinski definition) is 5. The first-order valence-corrected chi connectivity index (χ1v) is 5.41. The van der Waals surface area contributed by atoms with Crippen LogP contribution in [0.15, 0.2) is 18.3 Å². The third kappa shape index (κ3) is 2.22. The quantitative estimate of drug-likeness (QED) is 0.626. The molecule has 0 radical (unpaired) electrons. The number of nitrogens with one attached hydrogen (secondary N) is 1. The van der Waals surface area contributed by atoms with Gasteiger partial charge in [0.15, 0.2) is 5.69 Å². The number of β-amino-alcohol motifs (C(OH)–C–C–N with tert-alkyl or cyclic N) is 1. The summed E-state index contributed by atoms with van der Waals surface area (Å²) >= 11 is 0. The summed E-state index contributed by atoms with van der Waals surface area (Å²) < 4.78 is 0. The molecule has 1 amide bonds. The van der Waals surface area contributed by atoms with Crippen molar-refractivity contribution in [3.63, 3.8) is 0 Å². The second-order valence-electron chi connectivity index (χ2n) is 4.08. The number of carbonyl (C=O) groups excluding carboxylic acids is 1. The zero-order chi connectivity index (χ0) is 12.4. The van der Waals surface area contributed by atoms with Crippen LogP contribution in [-0.2, 0) is 0 Å². The number of amides is 1. The van der Waals surface area contributed by atoms with Gasteiger partial charge in [0, 0.05) is 26.3 Å². The Balaban J connectivity index is 2.17. The summed E-state index contributed by atoms with van der Waals surface area (Å²) in [7, 11) is 1.59. The highest BCUT2D eigenvalue weighted by atomic mass is 16.3. The second-order valence-corrected chi connectivity index (χ2v) is 4.08. The number of aromatic nitrogens is 1. The average Bonchev–Trinajstić information content (AvgIpc) is 2.74. The van der Waals surface area contributed by atoms with Gasteiger partial charge in [-0.3, -0.25) is 4.79 Å². The molecule has 6 heteroatoms. The maximum Gasteiger partial charge on any atom is 0.276 e. The highest BCUT2D eigenvalue weighted by Gasteiger charge is 2.32. The van der Waals surface area contributed by atoms with Gasteiger partial charge in [0.05, 0.1) is 12.1 Å². The number of carbonyl (C=O) groups is 1. The Morgan fingerprint density at radius 3 is 2.94 bits per heavy atom. The van der Waals surface area contributed by atoms with E-state index in [0.29, 0.717) is 13.1 Å². The van der Waals surface area contributed by atoms with Gasteiger partial charge in [-0.15, -0.1) is 0 Å². The van der Waals surface area contributed by atoms with Crippen molar-refractivity contribution in [2.45, 2.75) is 12.1 Å². The van der Waals surface area contributed by atoms with Gasteiger partial charge in [-0.1, -0.05) is 0 Å². The maximum atomic E-state index is 12.1. The summed E-state index contributed by atoms with van der Waals surface area (Å²) in [5.74, 6) is -0.541. The van der Waals surface area contributed by atoms with Crippen LogP contribution in [0.5, 0.6) is 5.75 Å². The lowest BCUT2D eigenvalue weighted by molar-refractivity contribution is 0.0573. The number of aliphatic hydroxyl groups is 1. The number of aromatic hydroxyl groups is 1. The monoisotopic (exact) mass is 237 g/mol. The van der Waals surface area contributed by atoms with Gasteiger partial charge in [-0.2, -0.15) is 0 Å². The van der Waals surface area contributed by atoms with E-state index in [1.165, 1.54) is 17.2 Å². The Bertz CT molecular complexity index is 424. The lowest BCUT2D eigenvalue weighted by Gasteiger charge is -2.26. The van der Waals surface area contributed by atoms with Crippen LogP contribution in [0.4, 0.5) is 0 Å². The maximum absolute atomic E-state index is 12.1. The number of aliphatic hydroxyl groups excluding tert-OH is 1. The fraction of sp³-hybridized carbons (Fsp3) is 0.455. The van der Waals surface area contributed by atoms with Crippen LogP contribution < -0.4 is 5.32 Å². The molecule has 92 valence electrons.